The van der Waals surface area contributed by atoms with E-state index in [-0.39, 0.29) is 6.04 Å². The largest absolute Gasteiger partial charge is 0.337 e. The summed E-state index contributed by atoms with van der Waals surface area (Å²) in [6.07, 6.45) is 3.81. The molecule has 1 N–H and O–H groups in total. The first kappa shape index (κ1) is 10.7. The second kappa shape index (κ2) is 4.43. The molecule has 3 rings (SSSR count). The van der Waals surface area contributed by atoms with Crippen molar-refractivity contribution in [2.24, 2.45) is 0 Å². The second-order valence-corrected chi connectivity index (χ2v) is 4.35. The van der Waals surface area contributed by atoms with Crippen molar-refractivity contribution in [3.05, 3.63) is 29.2 Å². The molecule has 2 aromatic rings. The normalized spacial score (nSPS) is 19.7. The van der Waals surface area contributed by atoms with E-state index in [0.29, 0.717) is 22.4 Å². The predicted octanol–water partition coefficient (Wildman–Crippen LogP) is 2.21. The molecule has 0 radical (unpaired) electrons. The maximum atomic E-state index is 6.03. The number of hydrogen-bond donors (Lipinski definition) is 1. The highest BCUT2D eigenvalue weighted by molar-refractivity contribution is 6.32. The summed E-state index contributed by atoms with van der Waals surface area (Å²) in [6.45, 7) is 0.993. The van der Waals surface area contributed by atoms with E-state index in [0.717, 1.165) is 19.4 Å². The third-order valence-corrected chi connectivity index (χ3v) is 3.08. The van der Waals surface area contributed by atoms with Crippen molar-refractivity contribution in [1.82, 2.24) is 20.4 Å². The van der Waals surface area contributed by atoms with Gasteiger partial charge in [-0.05, 0) is 31.5 Å². The molecule has 1 fully saturated rings. The summed E-state index contributed by atoms with van der Waals surface area (Å²) in [6, 6.07) is 3.69. The van der Waals surface area contributed by atoms with Crippen molar-refractivity contribution < 1.29 is 4.52 Å². The Morgan fingerprint density at radius 2 is 2.41 bits per heavy atom. The van der Waals surface area contributed by atoms with Crippen LogP contribution in [0, 0.1) is 0 Å². The van der Waals surface area contributed by atoms with Crippen LogP contribution in [0.3, 0.4) is 0 Å². The zero-order valence-electron chi connectivity index (χ0n) is 9.06. The SMILES string of the molecule is Clc1cccnc1-c1noc(C2CCCN2)n1. The average molecular weight is 251 g/mol. The van der Waals surface area contributed by atoms with Gasteiger partial charge in [-0.15, -0.1) is 0 Å². The van der Waals surface area contributed by atoms with Crippen LogP contribution in [0.4, 0.5) is 0 Å². The fourth-order valence-electron chi connectivity index (χ4n) is 1.92. The summed E-state index contributed by atoms with van der Waals surface area (Å²) in [7, 11) is 0. The molecule has 6 heteroatoms. The maximum Gasteiger partial charge on any atom is 0.244 e. The highest BCUT2D eigenvalue weighted by Gasteiger charge is 2.23. The van der Waals surface area contributed by atoms with Crippen LogP contribution in [0.25, 0.3) is 11.5 Å². The zero-order chi connectivity index (χ0) is 11.7. The van der Waals surface area contributed by atoms with Gasteiger partial charge in [0.2, 0.25) is 11.7 Å². The number of halogens is 1. The summed E-state index contributed by atoms with van der Waals surface area (Å²) in [5.41, 5.74) is 0.558. The molecule has 2 aromatic heterocycles. The molecule has 3 heterocycles. The van der Waals surface area contributed by atoms with Gasteiger partial charge in [0.05, 0.1) is 11.1 Å². The van der Waals surface area contributed by atoms with Crippen LogP contribution in [-0.2, 0) is 0 Å². The first-order valence-electron chi connectivity index (χ1n) is 5.52. The van der Waals surface area contributed by atoms with Gasteiger partial charge < -0.3 is 9.84 Å². The molecule has 0 spiro atoms. The maximum absolute atomic E-state index is 6.03. The van der Waals surface area contributed by atoms with E-state index in [1.165, 1.54) is 0 Å². The van der Waals surface area contributed by atoms with Gasteiger partial charge in [-0.25, -0.2) is 0 Å². The second-order valence-electron chi connectivity index (χ2n) is 3.94. The van der Waals surface area contributed by atoms with Crippen LogP contribution >= 0.6 is 11.6 Å². The van der Waals surface area contributed by atoms with E-state index < -0.39 is 0 Å². The molecule has 0 bridgehead atoms. The summed E-state index contributed by atoms with van der Waals surface area (Å²) < 4.78 is 5.24. The van der Waals surface area contributed by atoms with E-state index in [4.69, 9.17) is 16.1 Å². The van der Waals surface area contributed by atoms with Crippen molar-refractivity contribution in [1.29, 1.82) is 0 Å². The Labute approximate surface area is 103 Å². The minimum absolute atomic E-state index is 0.165. The first-order valence-corrected chi connectivity index (χ1v) is 5.90. The molecule has 1 aliphatic rings. The van der Waals surface area contributed by atoms with E-state index in [2.05, 4.69) is 20.4 Å². The summed E-state index contributed by atoms with van der Waals surface area (Å²) >= 11 is 6.03. The summed E-state index contributed by atoms with van der Waals surface area (Å²) in [4.78, 5) is 8.49. The van der Waals surface area contributed by atoms with Crippen LogP contribution in [0.1, 0.15) is 24.8 Å². The molecule has 1 unspecified atom stereocenters. The van der Waals surface area contributed by atoms with Gasteiger partial charge in [-0.2, -0.15) is 4.98 Å². The van der Waals surface area contributed by atoms with E-state index in [9.17, 15) is 0 Å². The van der Waals surface area contributed by atoms with Crippen molar-refractivity contribution in [2.45, 2.75) is 18.9 Å². The number of rotatable bonds is 2. The Bertz CT molecular complexity index is 522. The molecule has 1 atom stereocenters. The predicted molar refractivity (Wildman–Crippen MR) is 62.5 cm³/mol. The van der Waals surface area contributed by atoms with Crippen molar-refractivity contribution >= 4 is 11.6 Å². The van der Waals surface area contributed by atoms with Crippen molar-refractivity contribution in [2.75, 3.05) is 6.54 Å². The van der Waals surface area contributed by atoms with Crippen LogP contribution in [-0.4, -0.2) is 21.7 Å². The Morgan fingerprint density at radius 3 is 3.18 bits per heavy atom. The van der Waals surface area contributed by atoms with Crippen molar-refractivity contribution in [3.8, 4) is 11.5 Å². The highest BCUT2D eigenvalue weighted by atomic mass is 35.5. The number of nitrogens with one attached hydrogen (secondary N) is 1. The van der Waals surface area contributed by atoms with Crippen LogP contribution < -0.4 is 5.32 Å². The first-order chi connectivity index (χ1) is 8.34. The van der Waals surface area contributed by atoms with Crippen molar-refractivity contribution in [3.63, 3.8) is 0 Å². The van der Waals surface area contributed by atoms with Gasteiger partial charge in [0.25, 0.3) is 0 Å². The molecule has 0 aliphatic carbocycles. The Kier molecular flexibility index (Phi) is 2.78. The lowest BCUT2D eigenvalue weighted by Gasteiger charge is -2.01. The number of hydrogen-bond acceptors (Lipinski definition) is 5. The van der Waals surface area contributed by atoms with Gasteiger partial charge >= 0.3 is 0 Å². The highest BCUT2D eigenvalue weighted by Crippen LogP contribution is 2.26. The standard InChI is InChI=1S/C11H11ClN4O/c12-7-3-1-6-14-9(7)10-15-11(17-16-10)8-4-2-5-13-8/h1,3,6,8,13H,2,4-5H2. The van der Waals surface area contributed by atoms with Gasteiger partial charge in [0, 0.05) is 6.20 Å². The number of pyridine rings is 1. The Morgan fingerprint density at radius 1 is 1.47 bits per heavy atom. The topological polar surface area (TPSA) is 63.8 Å². The third kappa shape index (κ3) is 2.03. The van der Waals surface area contributed by atoms with Crippen LogP contribution in [0.5, 0.6) is 0 Å². The number of nitrogens with zero attached hydrogens (tertiary/aromatic N) is 3. The molecule has 0 saturated carbocycles. The minimum atomic E-state index is 0.165. The van der Waals surface area contributed by atoms with Crippen LogP contribution in [0.15, 0.2) is 22.9 Å². The molecule has 17 heavy (non-hydrogen) atoms. The monoisotopic (exact) mass is 250 g/mol. The van der Waals surface area contributed by atoms with Gasteiger partial charge in [-0.3, -0.25) is 4.98 Å². The van der Waals surface area contributed by atoms with E-state index in [1.807, 2.05) is 0 Å². The lowest BCUT2D eigenvalue weighted by Crippen LogP contribution is -2.12. The Balaban J connectivity index is 1.92. The number of aromatic nitrogens is 3. The summed E-state index contributed by atoms with van der Waals surface area (Å²) in [5, 5.41) is 7.75. The van der Waals surface area contributed by atoms with Crippen LogP contribution in [0.2, 0.25) is 5.02 Å². The zero-order valence-corrected chi connectivity index (χ0v) is 9.81. The lowest BCUT2D eigenvalue weighted by atomic mass is 10.2. The molecule has 0 amide bonds. The van der Waals surface area contributed by atoms with Gasteiger partial charge in [0.15, 0.2) is 0 Å². The molecule has 5 nitrogen and oxygen atoms in total. The lowest BCUT2D eigenvalue weighted by molar-refractivity contribution is 0.345. The van der Waals surface area contributed by atoms with Gasteiger partial charge in [-0.1, -0.05) is 16.8 Å². The van der Waals surface area contributed by atoms with E-state index in [1.54, 1.807) is 18.3 Å². The summed E-state index contributed by atoms with van der Waals surface area (Å²) in [5.74, 6) is 1.05. The van der Waals surface area contributed by atoms with Gasteiger partial charge in [0.1, 0.15) is 5.69 Å². The third-order valence-electron chi connectivity index (χ3n) is 2.77. The molecular weight excluding hydrogens is 240 g/mol. The smallest absolute Gasteiger partial charge is 0.244 e. The minimum Gasteiger partial charge on any atom is -0.337 e. The Hall–Kier alpha value is -1.46. The quantitative estimate of drug-likeness (QED) is 0.885. The molecule has 1 aliphatic heterocycles. The average Bonchev–Trinajstić information content (AvgIpc) is 3.00. The molecular formula is C11H11ClN4O. The fourth-order valence-corrected chi connectivity index (χ4v) is 2.12. The van der Waals surface area contributed by atoms with E-state index >= 15 is 0 Å². The molecule has 1 saturated heterocycles. The molecule has 0 aromatic carbocycles. The fraction of sp³-hybridized carbons (Fsp3) is 0.364. The molecule has 88 valence electrons.